The molecule has 2 N–H and O–H groups in total. The van der Waals surface area contributed by atoms with Crippen LogP contribution < -0.4 is 16.3 Å². The number of carbonyl (C=O) groups excluding carboxylic acids is 3. The van der Waals surface area contributed by atoms with Gasteiger partial charge in [0.05, 0.1) is 27.9 Å². The first-order valence-electron chi connectivity index (χ1n) is 21.9. The molecule has 3 amide bonds. The minimum Gasteiger partial charge on any atom is -0.351 e. The van der Waals surface area contributed by atoms with E-state index in [1.807, 2.05) is 36.4 Å². The van der Waals surface area contributed by atoms with Crippen LogP contribution in [0.3, 0.4) is 0 Å². The van der Waals surface area contributed by atoms with Gasteiger partial charge in [-0.2, -0.15) is 0 Å². The van der Waals surface area contributed by atoms with Crippen molar-refractivity contribution in [2.45, 2.75) is 69.4 Å². The van der Waals surface area contributed by atoms with Crippen LogP contribution in [-0.2, 0) is 21.4 Å². The van der Waals surface area contributed by atoms with Gasteiger partial charge in [0, 0.05) is 70.3 Å². The summed E-state index contributed by atoms with van der Waals surface area (Å²) in [6, 6.07) is 24.1. The van der Waals surface area contributed by atoms with E-state index in [2.05, 4.69) is 66.7 Å². The molecule has 3 atom stereocenters. The molecule has 61 heavy (non-hydrogen) atoms. The number of aryl methyl sites for hydroxylation is 1. The normalized spacial score (nSPS) is 22.1. The number of rotatable bonds is 10. The lowest BCUT2D eigenvalue weighted by molar-refractivity contribution is -0.138. The van der Waals surface area contributed by atoms with Gasteiger partial charge >= 0.3 is 5.69 Å². The lowest BCUT2D eigenvalue weighted by Crippen LogP contribution is -2.52. The number of imide groups is 1. The average Bonchev–Trinajstić information content (AvgIpc) is 3.54. The predicted molar refractivity (Wildman–Crippen MR) is 237 cm³/mol. The van der Waals surface area contributed by atoms with Crippen molar-refractivity contribution in [3.8, 4) is 22.4 Å². The van der Waals surface area contributed by atoms with Crippen LogP contribution in [0.2, 0.25) is 5.02 Å². The third kappa shape index (κ3) is 8.87. The highest BCUT2D eigenvalue weighted by Crippen LogP contribution is 2.34. The first-order valence-corrected chi connectivity index (χ1v) is 22.3. The van der Waals surface area contributed by atoms with Gasteiger partial charge in [-0.15, -0.1) is 0 Å². The van der Waals surface area contributed by atoms with Crippen molar-refractivity contribution in [2.24, 2.45) is 13.0 Å². The maximum atomic E-state index is 13.8. The molecule has 5 heterocycles. The van der Waals surface area contributed by atoms with Gasteiger partial charge < -0.3 is 15.1 Å². The topological polar surface area (TPSA) is 138 Å². The van der Waals surface area contributed by atoms with E-state index in [9.17, 15) is 19.2 Å². The molecule has 0 radical (unpaired) electrons. The number of amides is 3. The smallest absolute Gasteiger partial charge is 0.329 e. The average molecular weight is 844 g/mol. The fourth-order valence-corrected chi connectivity index (χ4v) is 10.1. The number of carbonyl (C=O) groups is 3. The molecule has 4 fully saturated rings. The van der Waals surface area contributed by atoms with Crippen LogP contribution in [0.15, 0.2) is 83.8 Å². The van der Waals surface area contributed by atoms with E-state index in [1.54, 1.807) is 22.4 Å². The highest BCUT2D eigenvalue weighted by molar-refractivity contribution is 6.33. The van der Waals surface area contributed by atoms with Gasteiger partial charge in [-0.05, 0) is 92.4 Å². The molecule has 3 unspecified atom stereocenters. The van der Waals surface area contributed by atoms with Crippen molar-refractivity contribution in [1.29, 1.82) is 0 Å². The van der Waals surface area contributed by atoms with E-state index in [4.69, 9.17) is 16.6 Å². The Bertz CT molecular complexity index is 2470. The number of anilines is 1. The number of hydrogen-bond acceptors (Lipinski definition) is 9. The lowest BCUT2D eigenvalue weighted by atomic mass is 9.84. The Labute approximate surface area is 361 Å². The summed E-state index contributed by atoms with van der Waals surface area (Å²) in [5, 5.41) is 6.43. The second kappa shape index (κ2) is 17.9. The number of benzene rings is 3. The van der Waals surface area contributed by atoms with E-state index < -0.39 is 11.9 Å². The Morgan fingerprint density at radius 1 is 0.803 bits per heavy atom. The summed E-state index contributed by atoms with van der Waals surface area (Å²) in [5.74, 6) is 0.494. The molecule has 1 aliphatic carbocycles. The molecule has 4 aliphatic rings. The summed E-state index contributed by atoms with van der Waals surface area (Å²) in [6.07, 6.45) is 7.93. The Balaban J connectivity index is 0.730. The number of fused-ring (bicyclic) bond motifs is 1. The zero-order valence-corrected chi connectivity index (χ0v) is 35.5. The Hall–Kier alpha value is -5.37. The van der Waals surface area contributed by atoms with Crippen LogP contribution in [-0.4, -0.2) is 110 Å². The zero-order valence-electron chi connectivity index (χ0n) is 34.8. The number of nitrogens with zero attached hydrogens (tertiary/aromatic N) is 7. The van der Waals surface area contributed by atoms with Gasteiger partial charge in [-0.25, -0.2) is 14.8 Å². The summed E-state index contributed by atoms with van der Waals surface area (Å²) >= 11 is 6.63. The number of nitrogens with one attached hydrogen (secondary N) is 2. The lowest BCUT2D eigenvalue weighted by Gasteiger charge is -2.39. The third-order valence-corrected chi connectivity index (χ3v) is 13.7. The van der Waals surface area contributed by atoms with E-state index >= 15 is 0 Å². The second-order valence-corrected chi connectivity index (χ2v) is 17.7. The van der Waals surface area contributed by atoms with Crippen LogP contribution in [0, 0.1) is 5.92 Å². The molecule has 318 valence electrons. The standard InChI is InChI=1S/C47H54ClN9O4/c1-53-41-29-34(13-14-39(41)57(47(53)61)40-15-16-42(58)51-44(40)59)32-17-19-54(20-18-32)21-22-55-23-25-56(26-24-55)45(60)36-11-6-12-37(28-36)50-46-49-30-38(48)43(52-46)35-10-5-9-33(27-35)31-7-3-2-4-8-31/h2-5,7-10,13-14,27,29-30,32,36-37,40H,6,11-12,15-26,28H2,1H3,(H,49,50,52)(H,51,58,59). The summed E-state index contributed by atoms with van der Waals surface area (Å²) < 4.78 is 3.17. The molecule has 2 aromatic heterocycles. The first kappa shape index (κ1) is 41.0. The molecule has 9 rings (SSSR count). The van der Waals surface area contributed by atoms with Gasteiger partial charge in [0.25, 0.3) is 0 Å². The van der Waals surface area contributed by atoms with Gasteiger partial charge in [0.2, 0.25) is 23.7 Å². The molecule has 3 aliphatic heterocycles. The van der Waals surface area contributed by atoms with Crippen LogP contribution in [0.5, 0.6) is 0 Å². The van der Waals surface area contributed by atoms with E-state index in [1.165, 1.54) is 5.56 Å². The van der Waals surface area contributed by atoms with Crippen molar-refractivity contribution in [1.82, 2.24) is 39.1 Å². The molecule has 1 saturated carbocycles. The van der Waals surface area contributed by atoms with Crippen LogP contribution in [0.4, 0.5) is 5.95 Å². The molecule has 3 aromatic carbocycles. The largest absolute Gasteiger partial charge is 0.351 e. The predicted octanol–water partition coefficient (Wildman–Crippen LogP) is 6.09. The Morgan fingerprint density at radius 2 is 1.54 bits per heavy atom. The highest BCUT2D eigenvalue weighted by Gasteiger charge is 2.34. The van der Waals surface area contributed by atoms with E-state index in [-0.39, 0.29) is 35.9 Å². The number of piperidine rings is 2. The maximum Gasteiger partial charge on any atom is 0.329 e. The summed E-state index contributed by atoms with van der Waals surface area (Å²) in [6.45, 7) is 7.32. The molecule has 5 aromatic rings. The number of aromatic nitrogens is 4. The van der Waals surface area contributed by atoms with Crippen molar-refractivity contribution in [3.63, 3.8) is 0 Å². The molecule has 0 bridgehead atoms. The summed E-state index contributed by atoms with van der Waals surface area (Å²) in [7, 11) is 1.75. The number of likely N-dealkylation sites (tertiary alicyclic amines) is 1. The number of hydrogen-bond donors (Lipinski definition) is 2. The SMILES string of the molecule is Cn1c(=O)n(C2CCC(=O)NC2=O)c2ccc(C3CCN(CCN4CCN(C(=O)C5CCCC(Nc6ncc(Cl)c(-c7cccc(-c8ccccc8)c7)n6)C5)CC4)CC3)cc21. The monoisotopic (exact) mass is 843 g/mol. The second-order valence-electron chi connectivity index (χ2n) is 17.3. The summed E-state index contributed by atoms with van der Waals surface area (Å²) in [4.78, 5) is 67.9. The molecule has 0 spiro atoms. The number of piperazine rings is 1. The minimum atomic E-state index is -0.679. The van der Waals surface area contributed by atoms with E-state index in [0.29, 0.717) is 29.0 Å². The third-order valence-electron chi connectivity index (χ3n) is 13.5. The molecular weight excluding hydrogens is 790 g/mol. The fourth-order valence-electron chi connectivity index (χ4n) is 9.93. The summed E-state index contributed by atoms with van der Waals surface area (Å²) in [5.41, 5.74) is 6.37. The van der Waals surface area contributed by atoms with Gasteiger partial charge in [-0.1, -0.05) is 72.6 Å². The highest BCUT2D eigenvalue weighted by atomic mass is 35.5. The first-order chi connectivity index (χ1) is 29.7. The van der Waals surface area contributed by atoms with Crippen LogP contribution in [0.25, 0.3) is 33.4 Å². The van der Waals surface area contributed by atoms with Crippen molar-refractivity contribution >= 4 is 46.3 Å². The maximum absolute atomic E-state index is 13.8. The molecule has 13 nitrogen and oxygen atoms in total. The van der Waals surface area contributed by atoms with Crippen LogP contribution >= 0.6 is 11.6 Å². The Morgan fingerprint density at radius 3 is 2.31 bits per heavy atom. The molecule has 14 heteroatoms. The quantitative estimate of drug-likeness (QED) is 0.160. The molecular formula is C47H54ClN9O4. The van der Waals surface area contributed by atoms with Gasteiger partial charge in [0.1, 0.15) is 6.04 Å². The van der Waals surface area contributed by atoms with Gasteiger partial charge in [0.15, 0.2) is 0 Å². The van der Waals surface area contributed by atoms with Crippen molar-refractivity contribution in [3.05, 3.63) is 100 Å². The molecule has 3 saturated heterocycles. The Kier molecular flexibility index (Phi) is 12.0. The van der Waals surface area contributed by atoms with Gasteiger partial charge in [-0.3, -0.25) is 33.7 Å². The number of halogens is 1. The van der Waals surface area contributed by atoms with E-state index in [0.717, 1.165) is 119 Å². The van der Waals surface area contributed by atoms with Crippen molar-refractivity contribution in [2.75, 3.05) is 57.7 Å². The number of imidazole rings is 1. The fraction of sp³-hybridized carbons (Fsp3) is 0.447. The van der Waals surface area contributed by atoms with Crippen molar-refractivity contribution < 1.29 is 14.4 Å². The minimum absolute atomic E-state index is 0.00995. The zero-order chi connectivity index (χ0) is 42.0. The van der Waals surface area contributed by atoms with Crippen LogP contribution in [0.1, 0.15) is 68.9 Å².